The van der Waals surface area contributed by atoms with Gasteiger partial charge in [-0.05, 0) is 68.0 Å². The third-order valence-corrected chi connectivity index (χ3v) is 8.29. The number of aromatic amines is 1. The van der Waals surface area contributed by atoms with E-state index in [1.807, 2.05) is 18.2 Å². The van der Waals surface area contributed by atoms with Crippen LogP contribution in [0.5, 0.6) is 0 Å². The summed E-state index contributed by atoms with van der Waals surface area (Å²) in [5.74, 6) is -1.04. The summed E-state index contributed by atoms with van der Waals surface area (Å²) in [4.78, 5) is 30.8. The summed E-state index contributed by atoms with van der Waals surface area (Å²) >= 11 is 0. The average molecular weight is 467 g/mol. The number of hydrogen-bond acceptors (Lipinski definition) is 5. The fourth-order valence-electron chi connectivity index (χ4n) is 4.94. The van der Waals surface area contributed by atoms with E-state index in [-0.39, 0.29) is 11.5 Å². The van der Waals surface area contributed by atoms with Crippen molar-refractivity contribution in [3.05, 3.63) is 65.4 Å². The molecule has 1 amide bonds. The highest BCUT2D eigenvalue weighted by atomic mass is 32.2. The van der Waals surface area contributed by atoms with E-state index in [1.165, 1.54) is 16.2 Å². The van der Waals surface area contributed by atoms with E-state index in [2.05, 4.69) is 4.98 Å². The molecule has 33 heavy (non-hydrogen) atoms. The van der Waals surface area contributed by atoms with Crippen LogP contribution in [0.15, 0.2) is 48.5 Å². The molecule has 0 spiro atoms. The summed E-state index contributed by atoms with van der Waals surface area (Å²) in [6, 6.07) is 13.9. The van der Waals surface area contributed by atoms with E-state index in [4.69, 9.17) is 4.74 Å². The fourth-order valence-corrected chi connectivity index (χ4v) is 6.64. The Kier molecular flexibility index (Phi) is 5.70. The zero-order valence-corrected chi connectivity index (χ0v) is 19.1. The van der Waals surface area contributed by atoms with Gasteiger partial charge in [0.15, 0.2) is 16.4 Å². The molecule has 8 heteroatoms. The van der Waals surface area contributed by atoms with Gasteiger partial charge in [0.1, 0.15) is 0 Å². The summed E-state index contributed by atoms with van der Waals surface area (Å²) in [5, 5.41) is 1.03. The molecule has 1 unspecified atom stereocenters. The Bertz CT molecular complexity index is 1310. The second kappa shape index (κ2) is 8.67. The predicted molar refractivity (Wildman–Crippen MR) is 126 cm³/mol. The lowest BCUT2D eigenvalue weighted by atomic mass is 9.95. The SMILES string of the molecule is O=C(OCC(=O)N(c1ccccc1)C1CCS(=O)(=O)C1)c1ccc2[nH]c3c(c2c1)CCCC3. The van der Waals surface area contributed by atoms with Crippen LogP contribution in [-0.2, 0) is 32.2 Å². The number of rotatable bonds is 5. The first-order valence-electron chi connectivity index (χ1n) is 11.3. The molecular formula is C25H26N2O5S. The number of H-pyrrole nitrogens is 1. The number of esters is 1. The largest absolute Gasteiger partial charge is 0.452 e. The van der Waals surface area contributed by atoms with Crippen molar-refractivity contribution >= 4 is 38.3 Å². The van der Waals surface area contributed by atoms with Crippen LogP contribution >= 0.6 is 0 Å². The second-order valence-electron chi connectivity index (χ2n) is 8.78. The Labute approximate surface area is 192 Å². The zero-order chi connectivity index (χ0) is 23.0. The number of hydrogen-bond donors (Lipinski definition) is 1. The van der Waals surface area contributed by atoms with Crippen LogP contribution in [0, 0.1) is 0 Å². The van der Waals surface area contributed by atoms with Crippen LogP contribution < -0.4 is 4.90 Å². The molecule has 1 aliphatic heterocycles. The van der Waals surface area contributed by atoms with Crippen LogP contribution in [0.25, 0.3) is 10.9 Å². The van der Waals surface area contributed by atoms with Gasteiger partial charge in [-0.3, -0.25) is 4.79 Å². The standard InChI is InChI=1S/C25H26N2O5S/c28-24(27(18-6-2-1-3-7-18)19-12-13-33(30,31)16-19)15-32-25(29)17-10-11-23-21(14-17)20-8-4-5-9-22(20)26-23/h1-3,6-7,10-11,14,19,26H,4-5,8-9,12-13,15-16H2. The summed E-state index contributed by atoms with van der Waals surface area (Å²) in [5.41, 5.74) is 4.51. The van der Waals surface area contributed by atoms with Crippen molar-refractivity contribution in [2.45, 2.75) is 38.1 Å². The maximum absolute atomic E-state index is 13.1. The fraction of sp³-hybridized carbons (Fsp3) is 0.360. The van der Waals surface area contributed by atoms with E-state index < -0.39 is 34.4 Å². The lowest BCUT2D eigenvalue weighted by Crippen LogP contribution is -2.43. The molecule has 2 aliphatic rings. The van der Waals surface area contributed by atoms with Crippen molar-refractivity contribution in [3.63, 3.8) is 0 Å². The molecule has 0 radical (unpaired) electrons. The van der Waals surface area contributed by atoms with Gasteiger partial charge in [0, 0.05) is 22.3 Å². The number of para-hydroxylation sites is 1. The third kappa shape index (κ3) is 4.39. The first-order chi connectivity index (χ1) is 15.9. The topological polar surface area (TPSA) is 96.5 Å². The van der Waals surface area contributed by atoms with Crippen LogP contribution in [0.3, 0.4) is 0 Å². The second-order valence-corrected chi connectivity index (χ2v) is 11.0. The number of nitrogens with one attached hydrogen (secondary N) is 1. The molecule has 0 bridgehead atoms. The maximum Gasteiger partial charge on any atom is 0.338 e. The average Bonchev–Trinajstić information content (AvgIpc) is 3.37. The van der Waals surface area contributed by atoms with Gasteiger partial charge >= 0.3 is 5.97 Å². The number of nitrogens with zero attached hydrogens (tertiary/aromatic N) is 1. The number of aromatic nitrogens is 1. The van der Waals surface area contributed by atoms with Crippen LogP contribution in [0.2, 0.25) is 0 Å². The molecule has 172 valence electrons. The van der Waals surface area contributed by atoms with E-state index in [9.17, 15) is 18.0 Å². The molecule has 3 aromatic rings. The maximum atomic E-state index is 13.1. The van der Waals surface area contributed by atoms with E-state index in [1.54, 1.807) is 30.3 Å². The monoisotopic (exact) mass is 466 g/mol. The van der Waals surface area contributed by atoms with Gasteiger partial charge in [-0.25, -0.2) is 13.2 Å². The molecule has 1 fully saturated rings. The van der Waals surface area contributed by atoms with E-state index in [0.29, 0.717) is 17.7 Å². The van der Waals surface area contributed by atoms with Gasteiger partial charge < -0.3 is 14.6 Å². The third-order valence-electron chi connectivity index (χ3n) is 6.54. The lowest BCUT2D eigenvalue weighted by Gasteiger charge is -2.28. The van der Waals surface area contributed by atoms with Crippen LogP contribution in [0.1, 0.15) is 40.9 Å². The molecule has 2 heterocycles. The molecule has 0 saturated carbocycles. The molecule has 7 nitrogen and oxygen atoms in total. The number of fused-ring (bicyclic) bond motifs is 3. The van der Waals surface area contributed by atoms with Crippen molar-refractivity contribution in [1.29, 1.82) is 0 Å². The van der Waals surface area contributed by atoms with Gasteiger partial charge in [0.2, 0.25) is 0 Å². The minimum absolute atomic E-state index is 0.0507. The first-order valence-corrected chi connectivity index (χ1v) is 13.1. The van der Waals surface area contributed by atoms with Crippen molar-refractivity contribution < 1.29 is 22.7 Å². The predicted octanol–water partition coefficient (Wildman–Crippen LogP) is 3.42. The molecule has 5 rings (SSSR count). The van der Waals surface area contributed by atoms with E-state index >= 15 is 0 Å². The summed E-state index contributed by atoms with van der Waals surface area (Å²) in [6.45, 7) is -0.451. The number of aryl methyl sites for hydroxylation is 2. The lowest BCUT2D eigenvalue weighted by molar-refractivity contribution is -0.122. The summed E-state index contributed by atoms with van der Waals surface area (Å²) < 4.78 is 29.4. The number of sulfone groups is 1. The van der Waals surface area contributed by atoms with Gasteiger partial charge in [-0.2, -0.15) is 0 Å². The molecule has 1 aliphatic carbocycles. The molecule has 1 saturated heterocycles. The highest BCUT2D eigenvalue weighted by Gasteiger charge is 2.35. The van der Waals surface area contributed by atoms with Crippen LogP contribution in [0.4, 0.5) is 5.69 Å². The van der Waals surface area contributed by atoms with Gasteiger partial charge in [0.25, 0.3) is 5.91 Å². The molecular weight excluding hydrogens is 440 g/mol. The van der Waals surface area contributed by atoms with Crippen molar-refractivity contribution in [2.24, 2.45) is 0 Å². The number of anilines is 1. The molecule has 1 atom stereocenters. The number of ether oxygens (including phenoxy) is 1. The zero-order valence-electron chi connectivity index (χ0n) is 18.2. The highest BCUT2D eigenvalue weighted by Crippen LogP contribution is 2.30. The number of benzene rings is 2. The van der Waals surface area contributed by atoms with Gasteiger partial charge in [-0.1, -0.05) is 18.2 Å². The number of carbonyl (C=O) groups excluding carboxylic acids is 2. The summed E-state index contributed by atoms with van der Waals surface area (Å²) in [7, 11) is -3.18. The smallest absolute Gasteiger partial charge is 0.338 e. The minimum Gasteiger partial charge on any atom is -0.452 e. The molecule has 1 aromatic heterocycles. The van der Waals surface area contributed by atoms with Gasteiger partial charge in [0.05, 0.1) is 23.1 Å². The minimum atomic E-state index is -3.18. The normalized spacial score (nSPS) is 19.2. The Morgan fingerprint density at radius 2 is 1.85 bits per heavy atom. The Morgan fingerprint density at radius 3 is 2.61 bits per heavy atom. The van der Waals surface area contributed by atoms with Crippen LogP contribution in [-0.4, -0.2) is 49.4 Å². The van der Waals surface area contributed by atoms with E-state index in [0.717, 1.165) is 36.6 Å². The Hall–Kier alpha value is -3.13. The molecule has 1 N–H and O–H groups in total. The van der Waals surface area contributed by atoms with Gasteiger partial charge in [-0.15, -0.1) is 0 Å². The van der Waals surface area contributed by atoms with Crippen molar-refractivity contribution in [1.82, 2.24) is 4.98 Å². The molecule has 2 aromatic carbocycles. The quantitative estimate of drug-likeness (QED) is 0.581. The Balaban J connectivity index is 1.33. The number of amides is 1. The number of carbonyl (C=O) groups is 2. The first kappa shape index (κ1) is 21.7. The van der Waals surface area contributed by atoms with Crippen molar-refractivity contribution in [2.75, 3.05) is 23.0 Å². The summed E-state index contributed by atoms with van der Waals surface area (Å²) in [6.07, 6.45) is 4.67. The Morgan fingerprint density at radius 1 is 1.06 bits per heavy atom. The van der Waals surface area contributed by atoms with Crippen molar-refractivity contribution in [3.8, 4) is 0 Å². The highest BCUT2D eigenvalue weighted by molar-refractivity contribution is 7.91.